The Hall–Kier alpha value is -0.420. The van der Waals surface area contributed by atoms with Crippen molar-refractivity contribution in [2.45, 2.75) is 17.7 Å². The van der Waals surface area contributed by atoms with Crippen molar-refractivity contribution < 1.29 is 9.18 Å². The highest BCUT2D eigenvalue weighted by molar-refractivity contribution is 9.10. The van der Waals surface area contributed by atoms with E-state index >= 15 is 0 Å². The second-order valence-electron chi connectivity index (χ2n) is 4.19. The van der Waals surface area contributed by atoms with Crippen LogP contribution in [0.4, 0.5) is 4.39 Å². The van der Waals surface area contributed by atoms with Crippen molar-refractivity contribution in [1.29, 1.82) is 0 Å². The molecule has 0 spiro atoms. The highest BCUT2D eigenvalue weighted by Crippen LogP contribution is 2.36. The summed E-state index contributed by atoms with van der Waals surface area (Å²) in [5, 5.41) is 2.84. The fraction of sp³-hybridized carbons (Fsp3) is 0.417. The van der Waals surface area contributed by atoms with Crippen molar-refractivity contribution in [2.75, 3.05) is 6.54 Å². The minimum absolute atomic E-state index is 0.179. The SMILES string of the molecule is O=C(NCC(Br)C1CC1)c1ccc(F)cc1Br. The molecule has 1 aliphatic carbocycles. The lowest BCUT2D eigenvalue weighted by molar-refractivity contribution is 0.0952. The first kappa shape index (κ1) is 13.0. The fourth-order valence-electron chi connectivity index (χ4n) is 1.58. The van der Waals surface area contributed by atoms with Crippen LogP contribution in [0.25, 0.3) is 0 Å². The molecule has 1 saturated carbocycles. The summed E-state index contributed by atoms with van der Waals surface area (Å²) < 4.78 is 13.3. The zero-order valence-electron chi connectivity index (χ0n) is 9.05. The maximum absolute atomic E-state index is 12.9. The van der Waals surface area contributed by atoms with E-state index in [4.69, 9.17) is 0 Å². The van der Waals surface area contributed by atoms with Gasteiger partial charge in [0.05, 0.1) is 5.56 Å². The average molecular weight is 365 g/mol. The monoisotopic (exact) mass is 363 g/mol. The Bertz CT molecular complexity index is 435. The van der Waals surface area contributed by atoms with Gasteiger partial charge in [-0.3, -0.25) is 4.79 Å². The first-order valence-electron chi connectivity index (χ1n) is 5.45. The van der Waals surface area contributed by atoms with Gasteiger partial charge in [-0.25, -0.2) is 4.39 Å². The predicted molar refractivity (Wildman–Crippen MR) is 71.9 cm³/mol. The highest BCUT2D eigenvalue weighted by Gasteiger charge is 2.29. The second kappa shape index (κ2) is 5.48. The lowest BCUT2D eigenvalue weighted by Gasteiger charge is -2.10. The summed E-state index contributed by atoms with van der Waals surface area (Å²) in [6, 6.07) is 4.06. The molecule has 0 bridgehead atoms. The number of carbonyl (C=O) groups is 1. The van der Waals surface area contributed by atoms with E-state index in [1.165, 1.54) is 31.0 Å². The molecule has 5 heteroatoms. The van der Waals surface area contributed by atoms with E-state index in [2.05, 4.69) is 37.2 Å². The Morgan fingerprint density at radius 1 is 1.53 bits per heavy atom. The van der Waals surface area contributed by atoms with E-state index < -0.39 is 0 Å². The van der Waals surface area contributed by atoms with E-state index in [1.807, 2.05) is 0 Å². The van der Waals surface area contributed by atoms with E-state index in [1.54, 1.807) is 0 Å². The summed E-state index contributed by atoms with van der Waals surface area (Å²) in [5.41, 5.74) is 0.460. The van der Waals surface area contributed by atoms with Gasteiger partial charge in [0.25, 0.3) is 5.91 Å². The van der Waals surface area contributed by atoms with Crippen LogP contribution < -0.4 is 5.32 Å². The van der Waals surface area contributed by atoms with Crippen LogP contribution >= 0.6 is 31.9 Å². The van der Waals surface area contributed by atoms with Crippen molar-refractivity contribution >= 4 is 37.8 Å². The molecule has 2 nitrogen and oxygen atoms in total. The van der Waals surface area contributed by atoms with Gasteiger partial charge in [-0.2, -0.15) is 0 Å². The lowest BCUT2D eigenvalue weighted by Crippen LogP contribution is -2.30. The number of halogens is 3. The molecule has 1 aliphatic rings. The van der Waals surface area contributed by atoms with E-state index in [0.717, 1.165) is 0 Å². The molecular weight excluding hydrogens is 353 g/mol. The van der Waals surface area contributed by atoms with Crippen LogP contribution in [0.2, 0.25) is 0 Å². The first-order valence-corrected chi connectivity index (χ1v) is 7.16. The van der Waals surface area contributed by atoms with Gasteiger partial charge in [0.2, 0.25) is 0 Å². The van der Waals surface area contributed by atoms with Crippen LogP contribution in [0.15, 0.2) is 22.7 Å². The minimum atomic E-state index is -0.357. The van der Waals surface area contributed by atoms with Crippen LogP contribution in [-0.4, -0.2) is 17.3 Å². The molecule has 92 valence electrons. The molecule has 0 aliphatic heterocycles. The lowest BCUT2D eigenvalue weighted by atomic mass is 10.2. The smallest absolute Gasteiger partial charge is 0.252 e. The van der Waals surface area contributed by atoms with Crippen LogP contribution in [0.3, 0.4) is 0 Å². The number of hydrogen-bond acceptors (Lipinski definition) is 1. The van der Waals surface area contributed by atoms with Crippen LogP contribution in [-0.2, 0) is 0 Å². The topological polar surface area (TPSA) is 29.1 Å². The molecule has 17 heavy (non-hydrogen) atoms. The number of rotatable bonds is 4. The molecule has 0 saturated heterocycles. The maximum Gasteiger partial charge on any atom is 0.252 e. The minimum Gasteiger partial charge on any atom is -0.351 e. The average Bonchev–Trinajstić information content (AvgIpc) is 3.09. The summed E-state index contributed by atoms with van der Waals surface area (Å²) in [6.45, 7) is 0.604. The summed E-state index contributed by atoms with van der Waals surface area (Å²) in [7, 11) is 0. The van der Waals surface area contributed by atoms with Crippen LogP contribution in [0.1, 0.15) is 23.2 Å². The molecule has 1 aromatic rings. The fourth-order valence-corrected chi connectivity index (χ4v) is 2.81. The third-order valence-electron chi connectivity index (χ3n) is 2.77. The van der Waals surface area contributed by atoms with E-state index in [0.29, 0.717) is 27.3 Å². The number of benzene rings is 1. The molecule has 1 unspecified atom stereocenters. The number of carbonyl (C=O) groups excluding carboxylic acids is 1. The quantitative estimate of drug-likeness (QED) is 0.814. The predicted octanol–water partition coefficient (Wildman–Crippen LogP) is 3.49. The molecule has 1 aromatic carbocycles. The summed E-state index contributed by atoms with van der Waals surface area (Å²) >= 11 is 6.73. The van der Waals surface area contributed by atoms with Gasteiger partial charge in [-0.05, 0) is 52.9 Å². The van der Waals surface area contributed by atoms with Crippen molar-refractivity contribution in [3.63, 3.8) is 0 Å². The third kappa shape index (κ3) is 3.52. The van der Waals surface area contributed by atoms with Crippen LogP contribution in [0.5, 0.6) is 0 Å². The van der Waals surface area contributed by atoms with Crippen molar-refractivity contribution in [1.82, 2.24) is 5.32 Å². The molecule has 1 N–H and O–H groups in total. The van der Waals surface area contributed by atoms with E-state index in [-0.39, 0.29) is 11.7 Å². The normalized spacial score (nSPS) is 16.6. The Labute approximate surface area is 116 Å². The van der Waals surface area contributed by atoms with Gasteiger partial charge < -0.3 is 5.32 Å². The first-order chi connectivity index (χ1) is 8.08. The number of alkyl halides is 1. The Morgan fingerprint density at radius 2 is 2.24 bits per heavy atom. The molecule has 1 fully saturated rings. The van der Waals surface area contributed by atoms with Gasteiger partial charge in [0, 0.05) is 15.8 Å². The number of hydrogen-bond donors (Lipinski definition) is 1. The summed E-state index contributed by atoms with van der Waals surface area (Å²) in [6.07, 6.45) is 2.46. The summed E-state index contributed by atoms with van der Waals surface area (Å²) in [5.74, 6) is 0.152. The standard InChI is InChI=1S/C12H12Br2FNO/c13-10-5-8(15)3-4-9(10)12(17)16-6-11(14)7-1-2-7/h3-5,7,11H,1-2,6H2,(H,16,17). The zero-order valence-corrected chi connectivity index (χ0v) is 12.2. The highest BCUT2D eigenvalue weighted by atomic mass is 79.9. The number of amides is 1. The van der Waals surface area contributed by atoms with E-state index in [9.17, 15) is 9.18 Å². The third-order valence-corrected chi connectivity index (χ3v) is 4.49. The molecule has 0 aromatic heterocycles. The molecule has 1 atom stereocenters. The molecule has 0 radical (unpaired) electrons. The van der Waals surface area contributed by atoms with Gasteiger partial charge in [0.1, 0.15) is 5.82 Å². The van der Waals surface area contributed by atoms with Gasteiger partial charge >= 0.3 is 0 Å². The zero-order chi connectivity index (χ0) is 12.4. The molecule has 2 rings (SSSR count). The summed E-state index contributed by atoms with van der Waals surface area (Å²) in [4.78, 5) is 12.2. The van der Waals surface area contributed by atoms with Gasteiger partial charge in [-0.1, -0.05) is 15.9 Å². The van der Waals surface area contributed by atoms with Crippen molar-refractivity contribution in [3.05, 3.63) is 34.1 Å². The van der Waals surface area contributed by atoms with Crippen molar-refractivity contribution in [3.8, 4) is 0 Å². The van der Waals surface area contributed by atoms with Gasteiger partial charge in [-0.15, -0.1) is 0 Å². The largest absolute Gasteiger partial charge is 0.351 e. The molecular formula is C12H12Br2FNO. The second-order valence-corrected chi connectivity index (χ2v) is 6.22. The Kier molecular flexibility index (Phi) is 4.20. The van der Waals surface area contributed by atoms with Crippen molar-refractivity contribution in [2.24, 2.45) is 5.92 Å². The maximum atomic E-state index is 12.9. The number of nitrogens with one attached hydrogen (secondary N) is 1. The van der Waals surface area contributed by atoms with Gasteiger partial charge in [0.15, 0.2) is 0 Å². The Balaban J connectivity index is 1.94. The molecule has 0 heterocycles. The molecule has 1 amide bonds. The Morgan fingerprint density at radius 3 is 2.82 bits per heavy atom. The van der Waals surface area contributed by atoms with Crippen LogP contribution in [0, 0.1) is 11.7 Å².